The van der Waals surface area contributed by atoms with E-state index < -0.39 is 0 Å². The molecule has 1 aliphatic heterocycles. The molecule has 0 spiro atoms. The van der Waals surface area contributed by atoms with E-state index >= 15 is 0 Å². The highest BCUT2D eigenvalue weighted by atomic mass is 32.2. The molecule has 0 aromatic heterocycles. The number of hydrogen-bond acceptors (Lipinski definition) is 5. The summed E-state index contributed by atoms with van der Waals surface area (Å²) in [6, 6.07) is 4.44. The van der Waals surface area contributed by atoms with Gasteiger partial charge in [0.05, 0.1) is 13.2 Å². The molecule has 1 aromatic carbocycles. The van der Waals surface area contributed by atoms with Crippen molar-refractivity contribution in [2.75, 3.05) is 24.4 Å². The van der Waals surface area contributed by atoms with Crippen molar-refractivity contribution >= 4 is 23.5 Å². The molecule has 1 heterocycles. The van der Waals surface area contributed by atoms with Crippen LogP contribution in [-0.4, -0.2) is 29.6 Å². The number of methoxy groups -OCH3 is 1. The number of rotatable bonds is 4. The number of nitrogens with one attached hydrogen (secondary N) is 1. The van der Waals surface area contributed by atoms with E-state index in [1.54, 1.807) is 7.11 Å². The summed E-state index contributed by atoms with van der Waals surface area (Å²) < 4.78 is 5.62. The van der Waals surface area contributed by atoms with Crippen LogP contribution in [0.25, 0.3) is 0 Å². The molecule has 1 saturated heterocycles. The first-order valence-corrected chi connectivity index (χ1v) is 8.69. The summed E-state index contributed by atoms with van der Waals surface area (Å²) in [5, 5.41) is 0.500. The highest BCUT2D eigenvalue weighted by Crippen LogP contribution is 2.38. The molecule has 5 heteroatoms. The molecule has 2 rings (SSSR count). The van der Waals surface area contributed by atoms with Crippen molar-refractivity contribution < 1.29 is 4.74 Å². The van der Waals surface area contributed by atoms with Gasteiger partial charge < -0.3 is 4.74 Å². The standard InChI is InChI=1S/C14H22N2OS2/c1-9-4-5-11(14(17-3)10(9)2)13(16-15)12-8-18-6-7-19-12/h4-5,12-13,16H,6-8,15H2,1-3H3. The molecule has 3 nitrogen and oxygen atoms in total. The third-order valence-electron chi connectivity index (χ3n) is 3.64. The molecular formula is C14H22N2OS2. The molecule has 106 valence electrons. The van der Waals surface area contributed by atoms with Crippen molar-refractivity contribution in [1.82, 2.24) is 5.43 Å². The summed E-state index contributed by atoms with van der Waals surface area (Å²) in [4.78, 5) is 0. The van der Waals surface area contributed by atoms with Crippen LogP contribution in [0.5, 0.6) is 5.75 Å². The smallest absolute Gasteiger partial charge is 0.126 e. The third-order valence-corrected chi connectivity index (χ3v) is 6.50. The average Bonchev–Trinajstić information content (AvgIpc) is 2.45. The van der Waals surface area contributed by atoms with Crippen LogP contribution in [0.3, 0.4) is 0 Å². The number of benzene rings is 1. The molecule has 0 amide bonds. The fourth-order valence-corrected chi connectivity index (χ4v) is 5.26. The Morgan fingerprint density at radius 2 is 2.16 bits per heavy atom. The lowest BCUT2D eigenvalue weighted by Gasteiger charge is -2.30. The zero-order valence-corrected chi connectivity index (χ0v) is 13.4. The number of thioether (sulfide) groups is 2. The van der Waals surface area contributed by atoms with E-state index in [0.29, 0.717) is 5.25 Å². The minimum absolute atomic E-state index is 0.145. The van der Waals surface area contributed by atoms with Crippen molar-refractivity contribution in [2.45, 2.75) is 25.1 Å². The number of hydrogen-bond donors (Lipinski definition) is 2. The zero-order chi connectivity index (χ0) is 13.8. The maximum atomic E-state index is 5.82. The Morgan fingerprint density at radius 1 is 1.37 bits per heavy atom. The van der Waals surface area contributed by atoms with Crippen LogP contribution in [0.15, 0.2) is 12.1 Å². The summed E-state index contributed by atoms with van der Waals surface area (Å²) in [6.45, 7) is 4.21. The topological polar surface area (TPSA) is 47.3 Å². The molecule has 0 bridgehead atoms. The fraction of sp³-hybridized carbons (Fsp3) is 0.571. The largest absolute Gasteiger partial charge is 0.496 e. The van der Waals surface area contributed by atoms with Gasteiger partial charge in [-0.05, 0) is 25.0 Å². The molecule has 1 aromatic rings. The lowest BCUT2D eigenvalue weighted by atomic mass is 9.97. The Bertz CT molecular complexity index is 434. The van der Waals surface area contributed by atoms with Crippen LogP contribution in [0.2, 0.25) is 0 Å². The normalized spacial score (nSPS) is 21.2. The minimum Gasteiger partial charge on any atom is -0.496 e. The predicted octanol–water partition coefficient (Wildman–Crippen LogP) is 2.67. The Balaban J connectivity index is 2.34. The molecule has 0 saturated carbocycles. The van der Waals surface area contributed by atoms with Gasteiger partial charge in [0.25, 0.3) is 0 Å². The summed E-state index contributed by atoms with van der Waals surface area (Å²) >= 11 is 4.01. The van der Waals surface area contributed by atoms with Gasteiger partial charge in [-0.15, -0.1) is 0 Å². The SMILES string of the molecule is COc1c(C(NN)C2CSCCS2)ccc(C)c1C. The van der Waals surface area contributed by atoms with E-state index in [-0.39, 0.29) is 6.04 Å². The van der Waals surface area contributed by atoms with Gasteiger partial charge in [0, 0.05) is 28.1 Å². The minimum atomic E-state index is 0.145. The number of nitrogens with two attached hydrogens (primary N) is 1. The van der Waals surface area contributed by atoms with E-state index in [4.69, 9.17) is 10.6 Å². The summed E-state index contributed by atoms with van der Waals surface area (Å²) in [6.07, 6.45) is 0. The van der Waals surface area contributed by atoms with E-state index in [1.165, 1.54) is 28.2 Å². The number of aryl methyl sites for hydroxylation is 1. The van der Waals surface area contributed by atoms with Gasteiger partial charge in [0.2, 0.25) is 0 Å². The second kappa shape index (κ2) is 6.88. The fourth-order valence-electron chi connectivity index (χ4n) is 2.42. The van der Waals surface area contributed by atoms with Crippen LogP contribution in [0.4, 0.5) is 0 Å². The Morgan fingerprint density at radius 3 is 2.74 bits per heavy atom. The first-order chi connectivity index (χ1) is 9.19. The molecule has 1 fully saturated rings. The van der Waals surface area contributed by atoms with Crippen molar-refractivity contribution in [3.63, 3.8) is 0 Å². The van der Waals surface area contributed by atoms with Gasteiger partial charge in [0.15, 0.2) is 0 Å². The van der Waals surface area contributed by atoms with Gasteiger partial charge >= 0.3 is 0 Å². The van der Waals surface area contributed by atoms with Crippen LogP contribution in [0.1, 0.15) is 22.7 Å². The van der Waals surface area contributed by atoms with Crippen molar-refractivity contribution in [1.29, 1.82) is 0 Å². The van der Waals surface area contributed by atoms with E-state index in [9.17, 15) is 0 Å². The van der Waals surface area contributed by atoms with Gasteiger partial charge in [-0.2, -0.15) is 23.5 Å². The molecule has 1 aliphatic rings. The number of ether oxygens (including phenoxy) is 1. The summed E-state index contributed by atoms with van der Waals surface area (Å²) in [5.74, 6) is 10.4. The van der Waals surface area contributed by atoms with Crippen molar-refractivity contribution in [2.24, 2.45) is 5.84 Å². The van der Waals surface area contributed by atoms with E-state index in [1.807, 2.05) is 23.5 Å². The predicted molar refractivity (Wildman–Crippen MR) is 86.1 cm³/mol. The second-order valence-corrected chi connectivity index (χ2v) is 7.26. The van der Waals surface area contributed by atoms with E-state index in [2.05, 4.69) is 31.4 Å². The molecule has 19 heavy (non-hydrogen) atoms. The zero-order valence-electron chi connectivity index (χ0n) is 11.7. The third kappa shape index (κ3) is 3.21. The monoisotopic (exact) mass is 298 g/mol. The van der Waals surface area contributed by atoms with E-state index in [0.717, 1.165) is 11.5 Å². The Kier molecular flexibility index (Phi) is 5.45. The quantitative estimate of drug-likeness (QED) is 0.661. The lowest BCUT2D eigenvalue weighted by molar-refractivity contribution is 0.396. The molecule has 3 N–H and O–H groups in total. The molecular weight excluding hydrogens is 276 g/mol. The lowest BCUT2D eigenvalue weighted by Crippen LogP contribution is -2.38. The highest BCUT2D eigenvalue weighted by molar-refractivity contribution is 8.06. The first kappa shape index (κ1) is 15.0. The van der Waals surface area contributed by atoms with Gasteiger partial charge in [-0.25, -0.2) is 0 Å². The van der Waals surface area contributed by atoms with Crippen LogP contribution in [0, 0.1) is 13.8 Å². The maximum Gasteiger partial charge on any atom is 0.126 e. The molecule has 0 radical (unpaired) electrons. The molecule has 2 atom stereocenters. The van der Waals surface area contributed by atoms with Crippen molar-refractivity contribution in [3.8, 4) is 5.75 Å². The van der Waals surface area contributed by atoms with Gasteiger partial charge in [-0.3, -0.25) is 11.3 Å². The first-order valence-electron chi connectivity index (χ1n) is 6.48. The number of hydrazine groups is 1. The summed E-state index contributed by atoms with van der Waals surface area (Å²) in [7, 11) is 1.74. The molecule has 0 aliphatic carbocycles. The highest BCUT2D eigenvalue weighted by Gasteiger charge is 2.28. The Labute approximate surface area is 124 Å². The summed E-state index contributed by atoms with van der Waals surface area (Å²) in [5.41, 5.74) is 6.62. The average molecular weight is 298 g/mol. The van der Waals surface area contributed by atoms with Crippen LogP contribution in [-0.2, 0) is 0 Å². The van der Waals surface area contributed by atoms with Gasteiger partial charge in [-0.1, -0.05) is 12.1 Å². The second-order valence-electron chi connectivity index (χ2n) is 4.76. The Hall–Kier alpha value is -0.360. The van der Waals surface area contributed by atoms with Crippen LogP contribution < -0.4 is 16.0 Å². The van der Waals surface area contributed by atoms with Gasteiger partial charge in [0.1, 0.15) is 5.75 Å². The van der Waals surface area contributed by atoms with Crippen LogP contribution >= 0.6 is 23.5 Å². The molecule has 2 unspecified atom stereocenters. The maximum absolute atomic E-state index is 5.82. The van der Waals surface area contributed by atoms with Crippen molar-refractivity contribution in [3.05, 3.63) is 28.8 Å².